The highest BCUT2D eigenvalue weighted by Crippen LogP contribution is 2.17. The molecule has 1 aromatic carbocycles. The highest BCUT2D eigenvalue weighted by molar-refractivity contribution is 7.89. The van der Waals surface area contributed by atoms with Crippen molar-refractivity contribution in [1.29, 1.82) is 0 Å². The van der Waals surface area contributed by atoms with Gasteiger partial charge in [-0.25, -0.2) is 8.42 Å². The van der Waals surface area contributed by atoms with Gasteiger partial charge in [0.15, 0.2) is 0 Å². The molecule has 0 bridgehead atoms. The molecule has 0 aliphatic carbocycles. The van der Waals surface area contributed by atoms with E-state index >= 15 is 0 Å². The van der Waals surface area contributed by atoms with E-state index in [0.29, 0.717) is 18.7 Å². The van der Waals surface area contributed by atoms with Crippen LogP contribution in [0.1, 0.15) is 18.9 Å². The van der Waals surface area contributed by atoms with Gasteiger partial charge in [0.05, 0.1) is 12.0 Å². The lowest BCUT2D eigenvalue weighted by atomic mass is 10.2. The van der Waals surface area contributed by atoms with Gasteiger partial charge < -0.3 is 4.74 Å². The first-order chi connectivity index (χ1) is 9.95. The third-order valence-electron chi connectivity index (χ3n) is 2.95. The monoisotopic (exact) mass is 333 g/mol. The number of halogens is 1. The number of ether oxygens (including phenoxy) is 1. The molecule has 0 aliphatic rings. The molecule has 0 heterocycles. The summed E-state index contributed by atoms with van der Waals surface area (Å²) in [5.74, 6) is -0.0954. The lowest BCUT2D eigenvalue weighted by Gasteiger charge is -2.20. The van der Waals surface area contributed by atoms with Crippen LogP contribution in [0.4, 0.5) is 0 Å². The maximum Gasteiger partial charge on any atom is 0.321 e. The number of esters is 1. The first kappa shape index (κ1) is 17.9. The summed E-state index contributed by atoms with van der Waals surface area (Å²) in [6, 6.07) is 6.55. The summed E-state index contributed by atoms with van der Waals surface area (Å²) < 4.78 is 30.8. The van der Waals surface area contributed by atoms with E-state index in [-0.39, 0.29) is 18.0 Å². The standard InChI is InChI=1S/C14H20ClNO4S/c1-3-10-16(11-14(17)20-2)21(18,19)13-6-4-12(5-7-13)8-9-15/h4-7H,3,8-11H2,1-2H3. The molecule has 0 unspecified atom stereocenters. The maximum absolute atomic E-state index is 12.5. The van der Waals surface area contributed by atoms with E-state index < -0.39 is 16.0 Å². The zero-order valence-electron chi connectivity index (χ0n) is 12.2. The Labute approximate surface area is 130 Å². The van der Waals surface area contributed by atoms with Crippen molar-refractivity contribution in [3.63, 3.8) is 0 Å². The normalized spacial score (nSPS) is 11.6. The van der Waals surface area contributed by atoms with E-state index in [4.69, 9.17) is 11.6 Å². The topological polar surface area (TPSA) is 63.7 Å². The largest absolute Gasteiger partial charge is 0.468 e. The molecule has 118 valence electrons. The predicted molar refractivity (Wildman–Crippen MR) is 81.9 cm³/mol. The van der Waals surface area contributed by atoms with Gasteiger partial charge in [-0.1, -0.05) is 19.1 Å². The molecule has 21 heavy (non-hydrogen) atoms. The van der Waals surface area contributed by atoms with E-state index in [2.05, 4.69) is 4.74 Å². The van der Waals surface area contributed by atoms with Crippen LogP contribution in [-0.4, -0.2) is 44.8 Å². The molecule has 0 atom stereocenters. The van der Waals surface area contributed by atoms with Gasteiger partial charge in [-0.2, -0.15) is 4.31 Å². The summed E-state index contributed by atoms with van der Waals surface area (Å²) in [6.07, 6.45) is 1.29. The van der Waals surface area contributed by atoms with Gasteiger partial charge in [0.25, 0.3) is 0 Å². The van der Waals surface area contributed by atoms with Crippen LogP contribution >= 0.6 is 11.6 Å². The Morgan fingerprint density at radius 3 is 2.38 bits per heavy atom. The predicted octanol–water partition coefficient (Wildman–Crippen LogP) is 2.04. The van der Waals surface area contributed by atoms with Crippen LogP contribution < -0.4 is 0 Å². The fourth-order valence-electron chi connectivity index (χ4n) is 1.83. The Morgan fingerprint density at radius 1 is 1.29 bits per heavy atom. The van der Waals surface area contributed by atoms with Gasteiger partial charge in [-0.15, -0.1) is 11.6 Å². The summed E-state index contributed by atoms with van der Waals surface area (Å²) in [7, 11) is -2.46. The number of aryl methyl sites for hydroxylation is 1. The fourth-order valence-corrected chi connectivity index (χ4v) is 3.52. The van der Waals surface area contributed by atoms with E-state index in [1.165, 1.54) is 19.2 Å². The van der Waals surface area contributed by atoms with Crippen molar-refractivity contribution in [2.45, 2.75) is 24.7 Å². The number of benzene rings is 1. The average molecular weight is 334 g/mol. The van der Waals surface area contributed by atoms with Crippen LogP contribution in [0.25, 0.3) is 0 Å². The smallest absolute Gasteiger partial charge is 0.321 e. The molecule has 5 nitrogen and oxygen atoms in total. The second-order valence-electron chi connectivity index (χ2n) is 4.50. The first-order valence-corrected chi connectivity index (χ1v) is 8.65. The molecule has 0 aromatic heterocycles. The molecule has 0 saturated carbocycles. The molecule has 7 heteroatoms. The summed E-state index contributed by atoms with van der Waals surface area (Å²) in [6.45, 7) is 1.83. The molecule has 0 radical (unpaired) electrons. The van der Waals surface area contributed by atoms with Crippen molar-refractivity contribution in [2.75, 3.05) is 26.1 Å². The van der Waals surface area contributed by atoms with Crippen LogP contribution in [0.3, 0.4) is 0 Å². The average Bonchev–Trinajstić information content (AvgIpc) is 2.47. The lowest BCUT2D eigenvalue weighted by Crippen LogP contribution is -2.36. The van der Waals surface area contributed by atoms with Gasteiger partial charge in [-0.05, 0) is 30.5 Å². The third kappa shape index (κ3) is 4.98. The Hall–Kier alpha value is -1.11. The van der Waals surface area contributed by atoms with Crippen LogP contribution in [0.5, 0.6) is 0 Å². The Morgan fingerprint density at radius 2 is 1.90 bits per heavy atom. The number of hydrogen-bond donors (Lipinski definition) is 0. The molecule has 1 aromatic rings. The van der Waals surface area contributed by atoms with Crippen LogP contribution in [0.15, 0.2) is 29.2 Å². The second kappa shape index (κ2) is 8.36. The van der Waals surface area contributed by atoms with E-state index in [1.54, 1.807) is 12.1 Å². The van der Waals surface area contributed by atoms with Crippen molar-refractivity contribution >= 4 is 27.6 Å². The fraction of sp³-hybridized carbons (Fsp3) is 0.500. The molecule has 0 fully saturated rings. The minimum Gasteiger partial charge on any atom is -0.468 e. The first-order valence-electron chi connectivity index (χ1n) is 6.67. The highest BCUT2D eigenvalue weighted by atomic mass is 35.5. The van der Waals surface area contributed by atoms with Gasteiger partial charge >= 0.3 is 5.97 Å². The summed E-state index contributed by atoms with van der Waals surface area (Å²) in [5, 5.41) is 0. The number of sulfonamides is 1. The second-order valence-corrected chi connectivity index (χ2v) is 6.81. The molecular weight excluding hydrogens is 314 g/mol. The van der Waals surface area contributed by atoms with Crippen molar-refractivity contribution < 1.29 is 17.9 Å². The highest BCUT2D eigenvalue weighted by Gasteiger charge is 2.26. The molecule has 0 amide bonds. The number of nitrogens with zero attached hydrogens (tertiary/aromatic N) is 1. The summed E-state index contributed by atoms with van der Waals surface area (Å²) >= 11 is 5.65. The molecule has 0 spiro atoms. The Balaban J connectivity index is 3.01. The van der Waals surface area contributed by atoms with Gasteiger partial charge in [0.2, 0.25) is 10.0 Å². The van der Waals surface area contributed by atoms with Gasteiger partial charge in [0, 0.05) is 12.4 Å². The van der Waals surface area contributed by atoms with E-state index in [0.717, 1.165) is 9.87 Å². The molecule has 0 saturated heterocycles. The van der Waals surface area contributed by atoms with Crippen molar-refractivity contribution in [3.8, 4) is 0 Å². The Bertz CT molecular complexity index is 557. The lowest BCUT2D eigenvalue weighted by molar-refractivity contribution is -0.140. The molecule has 0 aliphatic heterocycles. The Kier molecular flexibility index (Phi) is 7.14. The van der Waals surface area contributed by atoms with E-state index in [9.17, 15) is 13.2 Å². The van der Waals surface area contributed by atoms with Crippen LogP contribution in [-0.2, 0) is 26.0 Å². The van der Waals surface area contributed by atoms with Gasteiger partial charge in [-0.3, -0.25) is 4.79 Å². The molecule has 1 rings (SSSR count). The quantitative estimate of drug-likeness (QED) is 0.539. The number of methoxy groups -OCH3 is 1. The van der Waals surface area contributed by atoms with Crippen LogP contribution in [0.2, 0.25) is 0 Å². The number of alkyl halides is 1. The molecular formula is C14H20ClNO4S. The van der Waals surface area contributed by atoms with Crippen molar-refractivity contribution in [1.82, 2.24) is 4.31 Å². The van der Waals surface area contributed by atoms with Gasteiger partial charge in [0.1, 0.15) is 6.54 Å². The third-order valence-corrected chi connectivity index (χ3v) is 5.00. The summed E-state index contributed by atoms with van der Waals surface area (Å²) in [5.41, 5.74) is 0.971. The SMILES string of the molecule is CCCN(CC(=O)OC)S(=O)(=O)c1ccc(CCCl)cc1. The van der Waals surface area contributed by atoms with Crippen molar-refractivity contribution in [2.24, 2.45) is 0 Å². The number of carbonyl (C=O) groups excluding carboxylic acids is 1. The van der Waals surface area contributed by atoms with E-state index in [1.807, 2.05) is 6.92 Å². The zero-order valence-corrected chi connectivity index (χ0v) is 13.8. The number of hydrogen-bond acceptors (Lipinski definition) is 4. The minimum absolute atomic E-state index is 0.165. The number of carbonyl (C=O) groups is 1. The minimum atomic E-state index is -3.70. The van der Waals surface area contributed by atoms with Crippen LogP contribution in [0, 0.1) is 0 Å². The summed E-state index contributed by atoms with van der Waals surface area (Å²) in [4.78, 5) is 11.5. The van der Waals surface area contributed by atoms with Crippen molar-refractivity contribution in [3.05, 3.63) is 29.8 Å². The number of rotatable bonds is 8. The maximum atomic E-state index is 12.5. The molecule has 0 N–H and O–H groups in total. The zero-order chi connectivity index (χ0) is 15.9.